The Bertz CT molecular complexity index is 618. The molecular formula is C16H20N2. The van der Waals surface area contributed by atoms with Crippen LogP contribution >= 0.6 is 0 Å². The van der Waals surface area contributed by atoms with Gasteiger partial charge < -0.3 is 4.57 Å². The van der Waals surface area contributed by atoms with Crippen LogP contribution in [-0.2, 0) is 7.05 Å². The smallest absolute Gasteiger partial charge is 0.106 e. The lowest BCUT2D eigenvalue weighted by molar-refractivity contribution is 0.827. The van der Waals surface area contributed by atoms with Gasteiger partial charge in [0.2, 0.25) is 0 Å². The van der Waals surface area contributed by atoms with E-state index in [9.17, 15) is 0 Å². The molecule has 0 amide bonds. The Balaban J connectivity index is 2.55. The molecule has 1 aromatic carbocycles. The zero-order valence-electron chi connectivity index (χ0n) is 11.8. The monoisotopic (exact) mass is 240 g/mol. The minimum absolute atomic E-state index is 1.00. The van der Waals surface area contributed by atoms with Gasteiger partial charge in [0, 0.05) is 18.3 Å². The fraction of sp³-hybridized carbons (Fsp3) is 0.312. The second-order valence-corrected chi connectivity index (χ2v) is 4.88. The number of hydrogen-bond acceptors (Lipinski definition) is 1. The Kier molecular flexibility index (Phi) is 3.12. The third kappa shape index (κ3) is 1.88. The maximum atomic E-state index is 4.62. The first-order chi connectivity index (χ1) is 8.43. The largest absolute Gasteiger partial charge is 0.335 e. The van der Waals surface area contributed by atoms with Crippen LogP contribution in [-0.4, -0.2) is 9.55 Å². The van der Waals surface area contributed by atoms with Gasteiger partial charge in [0.1, 0.15) is 5.82 Å². The van der Waals surface area contributed by atoms with E-state index in [2.05, 4.69) is 55.1 Å². The number of aryl methyl sites for hydroxylation is 2. The standard InChI is InChI=1S/C16H20N2/c1-10-8-7-9-15(11(10)2)12(3)16-13(4)18(6)14(5)17-16/h7-9H,3H2,1-2,4-6H3. The van der Waals surface area contributed by atoms with Crippen molar-refractivity contribution in [3.8, 4) is 0 Å². The van der Waals surface area contributed by atoms with E-state index in [-0.39, 0.29) is 0 Å². The van der Waals surface area contributed by atoms with Crippen molar-refractivity contribution in [1.29, 1.82) is 0 Å². The van der Waals surface area contributed by atoms with Crippen LogP contribution in [0.2, 0.25) is 0 Å². The molecule has 18 heavy (non-hydrogen) atoms. The Labute approximate surface area is 109 Å². The van der Waals surface area contributed by atoms with Crippen LogP contribution in [0.1, 0.15) is 33.9 Å². The first kappa shape index (κ1) is 12.6. The highest BCUT2D eigenvalue weighted by Gasteiger charge is 2.14. The van der Waals surface area contributed by atoms with Gasteiger partial charge >= 0.3 is 0 Å². The molecule has 0 saturated heterocycles. The van der Waals surface area contributed by atoms with Crippen LogP contribution in [0.5, 0.6) is 0 Å². The molecule has 2 aromatic rings. The van der Waals surface area contributed by atoms with E-state index < -0.39 is 0 Å². The maximum Gasteiger partial charge on any atom is 0.106 e. The molecule has 0 radical (unpaired) electrons. The quantitative estimate of drug-likeness (QED) is 0.782. The van der Waals surface area contributed by atoms with Crippen LogP contribution in [0.15, 0.2) is 24.8 Å². The number of aromatic nitrogens is 2. The molecule has 1 aromatic heterocycles. The third-order valence-corrected chi connectivity index (χ3v) is 3.82. The second-order valence-electron chi connectivity index (χ2n) is 4.88. The third-order valence-electron chi connectivity index (χ3n) is 3.82. The molecule has 0 fully saturated rings. The van der Waals surface area contributed by atoms with Crippen molar-refractivity contribution in [2.75, 3.05) is 0 Å². The van der Waals surface area contributed by atoms with Crippen LogP contribution < -0.4 is 0 Å². The van der Waals surface area contributed by atoms with Gasteiger partial charge in [-0.1, -0.05) is 24.8 Å². The molecule has 2 nitrogen and oxygen atoms in total. The van der Waals surface area contributed by atoms with E-state index in [1.165, 1.54) is 22.4 Å². The Hall–Kier alpha value is -1.83. The summed E-state index contributed by atoms with van der Waals surface area (Å²) in [5, 5.41) is 0. The number of imidazole rings is 1. The molecule has 0 spiro atoms. The Morgan fingerprint density at radius 2 is 1.83 bits per heavy atom. The van der Waals surface area contributed by atoms with Crippen molar-refractivity contribution in [1.82, 2.24) is 9.55 Å². The van der Waals surface area contributed by atoms with Crippen molar-refractivity contribution in [3.63, 3.8) is 0 Å². The van der Waals surface area contributed by atoms with Crippen LogP contribution in [0.25, 0.3) is 5.57 Å². The highest BCUT2D eigenvalue weighted by Crippen LogP contribution is 2.27. The van der Waals surface area contributed by atoms with E-state index in [1.54, 1.807) is 0 Å². The first-order valence-electron chi connectivity index (χ1n) is 6.19. The van der Waals surface area contributed by atoms with Crippen LogP contribution in [0, 0.1) is 27.7 Å². The van der Waals surface area contributed by atoms with Crippen LogP contribution in [0.3, 0.4) is 0 Å². The van der Waals surface area contributed by atoms with Gasteiger partial charge in [-0.25, -0.2) is 4.98 Å². The molecule has 0 atom stereocenters. The normalized spacial score (nSPS) is 10.7. The fourth-order valence-electron chi connectivity index (χ4n) is 2.21. The minimum atomic E-state index is 1.00. The van der Waals surface area contributed by atoms with Crippen molar-refractivity contribution in [3.05, 3.63) is 58.7 Å². The summed E-state index contributed by atoms with van der Waals surface area (Å²) in [5.74, 6) is 1.02. The first-order valence-corrected chi connectivity index (χ1v) is 6.19. The summed E-state index contributed by atoms with van der Waals surface area (Å²) in [6.45, 7) is 12.6. The SMILES string of the molecule is C=C(c1cccc(C)c1C)c1nc(C)n(C)c1C. The Morgan fingerprint density at radius 1 is 1.17 bits per heavy atom. The van der Waals surface area contributed by atoms with E-state index in [4.69, 9.17) is 0 Å². The maximum absolute atomic E-state index is 4.62. The van der Waals surface area contributed by atoms with Gasteiger partial charge in [0.05, 0.1) is 5.69 Å². The molecule has 1 heterocycles. The molecule has 0 aliphatic heterocycles. The number of benzene rings is 1. The summed E-state index contributed by atoms with van der Waals surface area (Å²) >= 11 is 0. The Morgan fingerprint density at radius 3 is 2.39 bits per heavy atom. The number of hydrogen-bond donors (Lipinski definition) is 0. The van der Waals surface area contributed by atoms with E-state index >= 15 is 0 Å². The highest BCUT2D eigenvalue weighted by atomic mass is 15.1. The van der Waals surface area contributed by atoms with E-state index in [0.29, 0.717) is 0 Å². The molecule has 2 heteroatoms. The van der Waals surface area contributed by atoms with Gasteiger partial charge in [-0.3, -0.25) is 0 Å². The summed E-state index contributed by atoms with van der Waals surface area (Å²) < 4.78 is 2.10. The average molecular weight is 240 g/mol. The number of nitrogens with zero attached hydrogens (tertiary/aromatic N) is 2. The van der Waals surface area contributed by atoms with Gasteiger partial charge in [-0.15, -0.1) is 0 Å². The fourth-order valence-corrected chi connectivity index (χ4v) is 2.21. The summed E-state index contributed by atoms with van der Waals surface area (Å²) in [5.41, 5.74) is 6.94. The van der Waals surface area contributed by atoms with Gasteiger partial charge in [-0.2, -0.15) is 0 Å². The molecule has 0 bridgehead atoms. The summed E-state index contributed by atoms with van der Waals surface area (Å²) in [6, 6.07) is 6.32. The molecule has 0 aliphatic carbocycles. The van der Waals surface area contributed by atoms with E-state index in [0.717, 1.165) is 17.1 Å². The second kappa shape index (κ2) is 4.45. The molecule has 0 aliphatic rings. The molecule has 0 saturated carbocycles. The molecule has 0 unspecified atom stereocenters. The molecule has 2 rings (SSSR count). The molecular weight excluding hydrogens is 220 g/mol. The zero-order chi connectivity index (χ0) is 13.4. The average Bonchev–Trinajstić information content (AvgIpc) is 2.60. The van der Waals surface area contributed by atoms with Crippen molar-refractivity contribution in [2.24, 2.45) is 7.05 Å². The van der Waals surface area contributed by atoms with Gasteiger partial charge in [-0.05, 0) is 44.4 Å². The predicted molar refractivity (Wildman–Crippen MR) is 76.7 cm³/mol. The topological polar surface area (TPSA) is 17.8 Å². The van der Waals surface area contributed by atoms with Gasteiger partial charge in [0.25, 0.3) is 0 Å². The predicted octanol–water partition coefficient (Wildman–Crippen LogP) is 3.72. The lowest BCUT2D eigenvalue weighted by atomic mass is 9.95. The summed E-state index contributed by atoms with van der Waals surface area (Å²) in [7, 11) is 2.04. The molecule has 0 N–H and O–H groups in total. The van der Waals surface area contributed by atoms with Gasteiger partial charge in [0.15, 0.2) is 0 Å². The molecule has 94 valence electrons. The van der Waals surface area contributed by atoms with Crippen molar-refractivity contribution < 1.29 is 0 Å². The lowest BCUT2D eigenvalue weighted by Gasteiger charge is -2.10. The number of rotatable bonds is 2. The van der Waals surface area contributed by atoms with Crippen molar-refractivity contribution in [2.45, 2.75) is 27.7 Å². The van der Waals surface area contributed by atoms with E-state index in [1.807, 2.05) is 14.0 Å². The van der Waals surface area contributed by atoms with Crippen molar-refractivity contribution >= 4 is 5.57 Å². The highest BCUT2D eigenvalue weighted by molar-refractivity contribution is 5.79. The zero-order valence-corrected chi connectivity index (χ0v) is 11.8. The minimum Gasteiger partial charge on any atom is -0.335 e. The lowest BCUT2D eigenvalue weighted by Crippen LogP contribution is -1.96. The summed E-state index contributed by atoms with van der Waals surface area (Å²) in [4.78, 5) is 4.62. The summed E-state index contributed by atoms with van der Waals surface area (Å²) in [6.07, 6.45) is 0. The van der Waals surface area contributed by atoms with Crippen LogP contribution in [0.4, 0.5) is 0 Å².